The van der Waals surface area contributed by atoms with Gasteiger partial charge in [0, 0.05) is 0 Å². The zero-order valence-corrected chi connectivity index (χ0v) is 10.3. The van der Waals surface area contributed by atoms with Crippen LogP contribution in [-0.4, -0.2) is 11.2 Å². The maximum absolute atomic E-state index is 10.2. The lowest BCUT2D eigenvalue weighted by Gasteiger charge is -2.37. The Bertz CT molecular complexity index is 198. The van der Waals surface area contributed by atoms with Crippen molar-refractivity contribution in [3.63, 3.8) is 0 Å². The molecule has 2 aliphatic rings. The molecule has 15 heavy (non-hydrogen) atoms. The van der Waals surface area contributed by atoms with Crippen molar-refractivity contribution in [2.75, 3.05) is 0 Å². The van der Waals surface area contributed by atoms with Gasteiger partial charge in [0.05, 0.1) is 6.10 Å². The molecule has 1 heteroatoms. The van der Waals surface area contributed by atoms with Crippen molar-refractivity contribution in [1.82, 2.24) is 0 Å². The zero-order valence-electron chi connectivity index (χ0n) is 10.3. The van der Waals surface area contributed by atoms with E-state index in [1.54, 1.807) is 0 Å². The molecule has 0 bridgehead atoms. The molecule has 0 aliphatic heterocycles. The molecule has 2 rings (SSSR count). The van der Waals surface area contributed by atoms with Gasteiger partial charge in [-0.2, -0.15) is 0 Å². The van der Waals surface area contributed by atoms with Crippen molar-refractivity contribution in [2.45, 2.75) is 64.9 Å². The third-order valence-corrected chi connectivity index (χ3v) is 4.98. The fourth-order valence-corrected chi connectivity index (χ4v) is 3.20. The predicted octanol–water partition coefficient (Wildman–Crippen LogP) is 3.61. The minimum absolute atomic E-state index is 0.00486. The van der Waals surface area contributed by atoms with Crippen LogP contribution in [0.2, 0.25) is 0 Å². The Kier molecular flexibility index (Phi) is 3.71. The van der Waals surface area contributed by atoms with Crippen molar-refractivity contribution in [3.05, 3.63) is 0 Å². The highest BCUT2D eigenvalue weighted by atomic mass is 16.3. The summed E-state index contributed by atoms with van der Waals surface area (Å²) >= 11 is 0. The average Bonchev–Trinajstić information content (AvgIpc) is 2.15. The van der Waals surface area contributed by atoms with Gasteiger partial charge in [-0.15, -0.1) is 0 Å². The number of aliphatic hydroxyl groups is 1. The number of aliphatic hydroxyl groups excluding tert-OH is 1. The fraction of sp³-hybridized carbons (Fsp3) is 1.00. The Morgan fingerprint density at radius 3 is 2.33 bits per heavy atom. The van der Waals surface area contributed by atoms with Gasteiger partial charge in [-0.05, 0) is 42.9 Å². The van der Waals surface area contributed by atoms with Crippen LogP contribution in [0.25, 0.3) is 0 Å². The van der Waals surface area contributed by atoms with Crippen LogP contribution in [0.1, 0.15) is 58.8 Å². The predicted molar refractivity (Wildman–Crippen MR) is 63.6 cm³/mol. The van der Waals surface area contributed by atoms with E-state index >= 15 is 0 Å². The first-order valence-electron chi connectivity index (χ1n) is 6.85. The first kappa shape index (κ1) is 11.4. The van der Waals surface area contributed by atoms with E-state index in [2.05, 4.69) is 13.8 Å². The molecule has 0 amide bonds. The quantitative estimate of drug-likeness (QED) is 0.754. The van der Waals surface area contributed by atoms with Crippen LogP contribution in [0.5, 0.6) is 0 Å². The molecule has 0 heterocycles. The number of hydrogen-bond acceptors (Lipinski definition) is 1. The van der Waals surface area contributed by atoms with Crippen LogP contribution < -0.4 is 0 Å². The van der Waals surface area contributed by atoms with Crippen molar-refractivity contribution in [1.29, 1.82) is 0 Å². The van der Waals surface area contributed by atoms with E-state index in [9.17, 15) is 5.11 Å². The van der Waals surface area contributed by atoms with Crippen LogP contribution in [0.3, 0.4) is 0 Å². The molecule has 4 atom stereocenters. The molecule has 0 aromatic carbocycles. The van der Waals surface area contributed by atoms with Crippen LogP contribution in [0.4, 0.5) is 0 Å². The monoisotopic (exact) mass is 210 g/mol. The molecule has 1 N–H and O–H groups in total. The second kappa shape index (κ2) is 4.86. The van der Waals surface area contributed by atoms with Gasteiger partial charge in [-0.1, -0.05) is 39.5 Å². The molecule has 0 radical (unpaired) electrons. The largest absolute Gasteiger partial charge is 0.393 e. The second-order valence-corrected chi connectivity index (χ2v) is 6.13. The molecular formula is C14H26O. The molecule has 0 spiro atoms. The summed E-state index contributed by atoms with van der Waals surface area (Å²) in [6.07, 6.45) is 9.08. The van der Waals surface area contributed by atoms with Crippen molar-refractivity contribution < 1.29 is 5.11 Å². The average molecular weight is 210 g/mol. The van der Waals surface area contributed by atoms with Crippen molar-refractivity contribution >= 4 is 0 Å². The maximum atomic E-state index is 10.2. The Balaban J connectivity index is 1.77. The van der Waals surface area contributed by atoms with Gasteiger partial charge in [-0.3, -0.25) is 0 Å². The smallest absolute Gasteiger partial charge is 0.0571 e. The van der Waals surface area contributed by atoms with E-state index < -0.39 is 0 Å². The van der Waals surface area contributed by atoms with Gasteiger partial charge in [-0.25, -0.2) is 0 Å². The number of rotatable bonds is 3. The molecule has 1 nitrogen and oxygen atoms in total. The van der Waals surface area contributed by atoms with Gasteiger partial charge in [0.15, 0.2) is 0 Å². The molecule has 4 unspecified atom stereocenters. The van der Waals surface area contributed by atoms with Gasteiger partial charge in [0.1, 0.15) is 0 Å². The summed E-state index contributed by atoms with van der Waals surface area (Å²) in [5.74, 6) is 3.16. The standard InChI is InChI=1S/C14H26O/c1-10-6-7-13(8-11(10)2)14(15)9-12-4-3-5-12/h10-15H,3-9H2,1-2H3. The highest BCUT2D eigenvalue weighted by molar-refractivity contribution is 4.82. The lowest BCUT2D eigenvalue weighted by Crippen LogP contribution is -2.32. The highest BCUT2D eigenvalue weighted by Crippen LogP contribution is 2.38. The summed E-state index contributed by atoms with van der Waals surface area (Å²) in [6.45, 7) is 4.71. The summed E-state index contributed by atoms with van der Waals surface area (Å²) in [7, 11) is 0. The Labute approximate surface area is 94.3 Å². The minimum Gasteiger partial charge on any atom is -0.393 e. The van der Waals surface area contributed by atoms with E-state index in [4.69, 9.17) is 0 Å². The first-order chi connectivity index (χ1) is 7.16. The van der Waals surface area contributed by atoms with E-state index in [-0.39, 0.29) is 6.10 Å². The lowest BCUT2D eigenvalue weighted by molar-refractivity contribution is 0.0289. The molecule has 2 saturated carbocycles. The summed E-state index contributed by atoms with van der Waals surface area (Å²) < 4.78 is 0. The third-order valence-electron chi connectivity index (χ3n) is 4.98. The molecule has 88 valence electrons. The molecule has 2 aliphatic carbocycles. The molecule has 0 aromatic heterocycles. The van der Waals surface area contributed by atoms with Crippen LogP contribution in [-0.2, 0) is 0 Å². The van der Waals surface area contributed by atoms with Crippen molar-refractivity contribution in [3.8, 4) is 0 Å². The summed E-state index contributed by atoms with van der Waals surface area (Å²) in [6, 6.07) is 0. The molecule has 0 aromatic rings. The SMILES string of the molecule is CC1CCC(C(O)CC2CCC2)CC1C. The van der Waals surface area contributed by atoms with Crippen LogP contribution >= 0.6 is 0 Å². The van der Waals surface area contributed by atoms with Crippen LogP contribution in [0.15, 0.2) is 0 Å². The Morgan fingerprint density at radius 2 is 1.80 bits per heavy atom. The Hall–Kier alpha value is -0.0400. The second-order valence-electron chi connectivity index (χ2n) is 6.13. The van der Waals surface area contributed by atoms with E-state index in [0.29, 0.717) is 5.92 Å². The molecular weight excluding hydrogens is 184 g/mol. The summed E-state index contributed by atoms with van der Waals surface area (Å²) in [4.78, 5) is 0. The topological polar surface area (TPSA) is 20.2 Å². The fourth-order valence-electron chi connectivity index (χ4n) is 3.20. The van der Waals surface area contributed by atoms with E-state index in [1.165, 1.54) is 38.5 Å². The van der Waals surface area contributed by atoms with Gasteiger partial charge in [0.2, 0.25) is 0 Å². The third kappa shape index (κ3) is 2.75. The normalized spacial score (nSPS) is 39.8. The minimum atomic E-state index is 0.00486. The van der Waals surface area contributed by atoms with Crippen molar-refractivity contribution in [2.24, 2.45) is 23.7 Å². The van der Waals surface area contributed by atoms with Gasteiger partial charge in [0.25, 0.3) is 0 Å². The summed E-state index contributed by atoms with van der Waals surface area (Å²) in [5.41, 5.74) is 0. The zero-order chi connectivity index (χ0) is 10.8. The van der Waals surface area contributed by atoms with E-state index in [0.717, 1.165) is 24.2 Å². The summed E-state index contributed by atoms with van der Waals surface area (Å²) in [5, 5.41) is 10.2. The van der Waals surface area contributed by atoms with Gasteiger partial charge < -0.3 is 5.11 Å². The molecule has 0 saturated heterocycles. The highest BCUT2D eigenvalue weighted by Gasteiger charge is 2.31. The maximum Gasteiger partial charge on any atom is 0.0571 e. The number of hydrogen-bond donors (Lipinski definition) is 1. The van der Waals surface area contributed by atoms with E-state index in [1.807, 2.05) is 0 Å². The van der Waals surface area contributed by atoms with Gasteiger partial charge >= 0.3 is 0 Å². The lowest BCUT2D eigenvalue weighted by atomic mass is 9.71. The Morgan fingerprint density at radius 1 is 1.07 bits per heavy atom. The molecule has 2 fully saturated rings. The van der Waals surface area contributed by atoms with Crippen LogP contribution in [0, 0.1) is 23.7 Å². The first-order valence-corrected chi connectivity index (χ1v) is 6.85.